The van der Waals surface area contributed by atoms with Gasteiger partial charge < -0.3 is 10.4 Å². The fourth-order valence-corrected chi connectivity index (χ4v) is 2.45. The van der Waals surface area contributed by atoms with Gasteiger partial charge in [-0.3, -0.25) is 4.79 Å². The van der Waals surface area contributed by atoms with Crippen LogP contribution in [0.25, 0.3) is 0 Å². The normalized spacial score (nSPS) is 15.7. The molecule has 0 aromatic heterocycles. The Bertz CT molecular complexity index is 412. The molecule has 20 heavy (non-hydrogen) atoms. The van der Waals surface area contributed by atoms with Gasteiger partial charge in [0.1, 0.15) is 5.60 Å². The van der Waals surface area contributed by atoms with Crippen LogP contribution in [0.2, 0.25) is 0 Å². The van der Waals surface area contributed by atoms with Crippen molar-refractivity contribution >= 4 is 5.91 Å². The van der Waals surface area contributed by atoms with Crippen molar-refractivity contribution in [3.63, 3.8) is 0 Å². The fourth-order valence-electron chi connectivity index (χ4n) is 2.45. The van der Waals surface area contributed by atoms with E-state index < -0.39 is 5.60 Å². The highest BCUT2D eigenvalue weighted by Gasteiger charge is 2.23. The van der Waals surface area contributed by atoms with Crippen molar-refractivity contribution in [3.05, 3.63) is 35.9 Å². The molecule has 0 spiro atoms. The summed E-state index contributed by atoms with van der Waals surface area (Å²) in [7, 11) is 0. The fraction of sp³-hybridized carbons (Fsp3) is 0.588. The predicted octanol–water partition coefficient (Wildman–Crippen LogP) is 3.08. The number of rotatable bonds is 7. The second kappa shape index (κ2) is 7.44. The summed E-state index contributed by atoms with van der Waals surface area (Å²) in [4.78, 5) is 11.9. The lowest BCUT2D eigenvalue weighted by Gasteiger charge is -2.24. The highest BCUT2D eigenvalue weighted by Crippen LogP contribution is 2.19. The third kappa shape index (κ3) is 5.74. The Labute approximate surface area is 122 Å². The molecule has 1 rings (SSSR count). The number of hydrogen-bond donors (Lipinski definition) is 2. The van der Waals surface area contributed by atoms with E-state index in [0.29, 0.717) is 18.3 Å². The Hall–Kier alpha value is -1.35. The Morgan fingerprint density at radius 3 is 2.40 bits per heavy atom. The number of nitrogens with one attached hydrogen (secondary N) is 1. The van der Waals surface area contributed by atoms with Gasteiger partial charge in [0.2, 0.25) is 5.91 Å². The van der Waals surface area contributed by atoms with Gasteiger partial charge in [-0.25, -0.2) is 0 Å². The summed E-state index contributed by atoms with van der Waals surface area (Å²) in [5, 5.41) is 13.2. The molecule has 3 heteroatoms. The molecule has 0 heterocycles. The van der Waals surface area contributed by atoms with Crippen molar-refractivity contribution < 1.29 is 9.90 Å². The van der Waals surface area contributed by atoms with E-state index in [1.54, 1.807) is 6.92 Å². The molecule has 2 atom stereocenters. The molecule has 1 amide bonds. The van der Waals surface area contributed by atoms with E-state index in [9.17, 15) is 9.90 Å². The molecule has 0 aliphatic carbocycles. The summed E-state index contributed by atoms with van der Waals surface area (Å²) < 4.78 is 0. The molecular formula is C17H27NO2. The van der Waals surface area contributed by atoms with Crippen LogP contribution in [0.1, 0.15) is 46.1 Å². The van der Waals surface area contributed by atoms with E-state index >= 15 is 0 Å². The average Bonchev–Trinajstić information content (AvgIpc) is 2.36. The second-order valence-electron chi connectivity index (χ2n) is 6.36. The number of amides is 1. The monoisotopic (exact) mass is 277 g/mol. The molecule has 2 unspecified atom stereocenters. The maximum absolute atomic E-state index is 11.9. The van der Waals surface area contributed by atoms with Crippen molar-refractivity contribution in [2.75, 3.05) is 6.54 Å². The third-order valence-corrected chi connectivity index (χ3v) is 3.43. The number of carbonyl (C=O) groups excluding carboxylic acids is 1. The van der Waals surface area contributed by atoms with Gasteiger partial charge in [-0.2, -0.15) is 0 Å². The molecule has 0 aliphatic rings. The third-order valence-electron chi connectivity index (χ3n) is 3.43. The first kappa shape index (κ1) is 16.7. The number of aliphatic hydroxyl groups is 1. The van der Waals surface area contributed by atoms with E-state index in [2.05, 4.69) is 26.1 Å². The first-order chi connectivity index (χ1) is 9.31. The standard InChI is InChI=1S/C17H27NO2/c1-13(2)10-14(3)11-16(19)18-12-17(4,20)15-8-6-5-7-9-15/h5-9,13-14,20H,10-12H2,1-4H3,(H,18,19). The number of benzene rings is 1. The van der Waals surface area contributed by atoms with Gasteiger partial charge in [0.15, 0.2) is 0 Å². The van der Waals surface area contributed by atoms with Crippen molar-refractivity contribution in [2.24, 2.45) is 11.8 Å². The minimum Gasteiger partial charge on any atom is -0.384 e. The average molecular weight is 277 g/mol. The molecule has 0 saturated heterocycles. The summed E-state index contributed by atoms with van der Waals surface area (Å²) in [6.07, 6.45) is 1.56. The summed E-state index contributed by atoms with van der Waals surface area (Å²) in [5.74, 6) is 0.983. The van der Waals surface area contributed by atoms with Crippen LogP contribution in [0.3, 0.4) is 0 Å². The molecule has 0 aliphatic heterocycles. The van der Waals surface area contributed by atoms with Gasteiger partial charge in [-0.1, -0.05) is 51.1 Å². The number of hydrogen-bond acceptors (Lipinski definition) is 2. The van der Waals surface area contributed by atoms with Crippen LogP contribution in [-0.2, 0) is 10.4 Å². The van der Waals surface area contributed by atoms with Gasteiger partial charge in [0.05, 0.1) is 6.54 Å². The minimum absolute atomic E-state index is 0.00866. The van der Waals surface area contributed by atoms with E-state index in [1.807, 2.05) is 30.3 Å². The van der Waals surface area contributed by atoms with Crippen molar-refractivity contribution in [1.82, 2.24) is 5.32 Å². The SMILES string of the molecule is CC(C)CC(C)CC(=O)NCC(C)(O)c1ccccc1. The van der Waals surface area contributed by atoms with Gasteiger partial charge in [-0.05, 0) is 30.7 Å². The van der Waals surface area contributed by atoms with Crippen LogP contribution in [-0.4, -0.2) is 17.6 Å². The van der Waals surface area contributed by atoms with Crippen LogP contribution in [0.4, 0.5) is 0 Å². The molecule has 1 aromatic carbocycles. The zero-order valence-electron chi connectivity index (χ0n) is 13.0. The lowest BCUT2D eigenvalue weighted by atomic mass is 9.94. The lowest BCUT2D eigenvalue weighted by Crippen LogP contribution is -2.39. The van der Waals surface area contributed by atoms with Crippen LogP contribution >= 0.6 is 0 Å². The van der Waals surface area contributed by atoms with Gasteiger partial charge in [0, 0.05) is 6.42 Å². The second-order valence-corrected chi connectivity index (χ2v) is 6.36. The zero-order chi connectivity index (χ0) is 15.2. The first-order valence-electron chi connectivity index (χ1n) is 7.36. The van der Waals surface area contributed by atoms with E-state index in [1.165, 1.54) is 0 Å². The molecule has 2 N–H and O–H groups in total. The quantitative estimate of drug-likeness (QED) is 0.804. The first-order valence-corrected chi connectivity index (χ1v) is 7.36. The summed E-state index contributed by atoms with van der Waals surface area (Å²) in [6, 6.07) is 9.42. The highest BCUT2D eigenvalue weighted by atomic mass is 16.3. The van der Waals surface area contributed by atoms with Gasteiger partial charge in [-0.15, -0.1) is 0 Å². The van der Waals surface area contributed by atoms with E-state index in [0.717, 1.165) is 12.0 Å². The molecule has 0 bridgehead atoms. The van der Waals surface area contributed by atoms with Crippen molar-refractivity contribution in [1.29, 1.82) is 0 Å². The lowest BCUT2D eigenvalue weighted by molar-refractivity contribution is -0.123. The summed E-state index contributed by atoms with van der Waals surface area (Å²) in [6.45, 7) is 8.38. The van der Waals surface area contributed by atoms with E-state index in [4.69, 9.17) is 0 Å². The van der Waals surface area contributed by atoms with Crippen LogP contribution in [0.15, 0.2) is 30.3 Å². The van der Waals surface area contributed by atoms with Crippen LogP contribution in [0, 0.1) is 11.8 Å². The van der Waals surface area contributed by atoms with E-state index in [-0.39, 0.29) is 12.5 Å². The Balaban J connectivity index is 2.44. The maximum atomic E-state index is 11.9. The van der Waals surface area contributed by atoms with Crippen molar-refractivity contribution in [3.8, 4) is 0 Å². The predicted molar refractivity (Wildman–Crippen MR) is 82.3 cm³/mol. The Morgan fingerprint density at radius 2 is 1.85 bits per heavy atom. The Morgan fingerprint density at radius 1 is 1.25 bits per heavy atom. The number of carbonyl (C=O) groups is 1. The van der Waals surface area contributed by atoms with Crippen LogP contribution in [0.5, 0.6) is 0 Å². The molecular weight excluding hydrogens is 250 g/mol. The molecule has 3 nitrogen and oxygen atoms in total. The van der Waals surface area contributed by atoms with Gasteiger partial charge in [0.25, 0.3) is 0 Å². The minimum atomic E-state index is -1.03. The van der Waals surface area contributed by atoms with Crippen LogP contribution < -0.4 is 5.32 Å². The highest BCUT2D eigenvalue weighted by molar-refractivity contribution is 5.76. The smallest absolute Gasteiger partial charge is 0.220 e. The Kier molecular flexibility index (Phi) is 6.21. The van der Waals surface area contributed by atoms with Gasteiger partial charge >= 0.3 is 0 Å². The topological polar surface area (TPSA) is 49.3 Å². The largest absolute Gasteiger partial charge is 0.384 e. The molecule has 0 fully saturated rings. The zero-order valence-corrected chi connectivity index (χ0v) is 13.0. The molecule has 0 saturated carbocycles. The summed E-state index contributed by atoms with van der Waals surface area (Å²) >= 11 is 0. The molecule has 0 radical (unpaired) electrons. The summed E-state index contributed by atoms with van der Waals surface area (Å²) in [5.41, 5.74) is -0.214. The molecule has 112 valence electrons. The molecule has 1 aromatic rings. The maximum Gasteiger partial charge on any atom is 0.220 e. The van der Waals surface area contributed by atoms with Crippen molar-refractivity contribution in [2.45, 2.75) is 46.1 Å².